The SMILES string of the molecule is C[C@@H]1OC(=O)[C@]23[C@H](O)C[C@H]4[C@@H](CC[C@H]5C[C@@H](O)CC[C@@]54C)[C@@H]2C=C[C@H]13. The maximum absolute atomic E-state index is 12.9. The number of hydrogen-bond acceptors (Lipinski definition) is 4. The molecule has 4 nitrogen and oxygen atoms in total. The van der Waals surface area contributed by atoms with Crippen molar-refractivity contribution < 1.29 is 19.7 Å². The van der Waals surface area contributed by atoms with Gasteiger partial charge in [0.1, 0.15) is 11.5 Å². The second-order valence-electron chi connectivity index (χ2n) is 9.71. The topological polar surface area (TPSA) is 66.8 Å². The molecule has 138 valence electrons. The number of hydrogen-bond donors (Lipinski definition) is 2. The van der Waals surface area contributed by atoms with Crippen LogP contribution in [0.15, 0.2) is 12.2 Å². The summed E-state index contributed by atoms with van der Waals surface area (Å²) < 4.78 is 5.60. The van der Waals surface area contributed by atoms with Gasteiger partial charge in [-0.1, -0.05) is 19.1 Å². The summed E-state index contributed by atoms with van der Waals surface area (Å²) in [6.07, 6.45) is 9.28. The monoisotopic (exact) mass is 346 g/mol. The van der Waals surface area contributed by atoms with E-state index < -0.39 is 11.5 Å². The fourth-order valence-electron chi connectivity index (χ4n) is 7.74. The van der Waals surface area contributed by atoms with E-state index in [9.17, 15) is 15.0 Å². The second kappa shape index (κ2) is 5.10. The molecule has 2 N–H and O–H groups in total. The van der Waals surface area contributed by atoms with Crippen LogP contribution in [0.2, 0.25) is 0 Å². The fraction of sp³-hybridized carbons (Fsp3) is 0.857. The Morgan fingerprint density at radius 1 is 1.12 bits per heavy atom. The average Bonchev–Trinajstić information content (AvgIpc) is 3.08. The standard InChI is InChI=1S/C21H30O4/c1-11-15-5-6-16-14-4-3-12-9-13(22)7-8-20(12,2)17(14)10-18(23)21(15,16)19(24)25-11/h5-6,11-18,22-23H,3-4,7-10H2,1-2H3/t11-,12-,13-,14-,15+,16-,17-,18+,20-,21-/m0/s1. The Morgan fingerprint density at radius 3 is 2.68 bits per heavy atom. The van der Waals surface area contributed by atoms with E-state index in [0.717, 1.165) is 32.1 Å². The van der Waals surface area contributed by atoms with Crippen molar-refractivity contribution in [2.45, 2.75) is 70.7 Å². The highest BCUT2D eigenvalue weighted by molar-refractivity contribution is 5.83. The summed E-state index contributed by atoms with van der Waals surface area (Å²) in [6, 6.07) is 0. The first-order valence-corrected chi connectivity index (χ1v) is 10.1. The van der Waals surface area contributed by atoms with E-state index in [1.165, 1.54) is 0 Å². The quantitative estimate of drug-likeness (QED) is 0.523. The second-order valence-corrected chi connectivity index (χ2v) is 9.71. The van der Waals surface area contributed by atoms with Crippen molar-refractivity contribution in [3.63, 3.8) is 0 Å². The van der Waals surface area contributed by atoms with Gasteiger partial charge < -0.3 is 14.9 Å². The van der Waals surface area contributed by atoms with Gasteiger partial charge in [-0.2, -0.15) is 0 Å². The van der Waals surface area contributed by atoms with E-state index in [2.05, 4.69) is 19.1 Å². The van der Waals surface area contributed by atoms with Crippen LogP contribution in [0.5, 0.6) is 0 Å². The maximum atomic E-state index is 12.9. The molecule has 1 saturated heterocycles. The minimum Gasteiger partial charge on any atom is -0.461 e. The maximum Gasteiger partial charge on any atom is 0.316 e. The van der Waals surface area contributed by atoms with E-state index >= 15 is 0 Å². The summed E-state index contributed by atoms with van der Waals surface area (Å²) in [5.41, 5.74) is -0.539. The number of ether oxygens (including phenoxy) is 1. The molecule has 0 aromatic heterocycles. The fourth-order valence-corrected chi connectivity index (χ4v) is 7.74. The highest BCUT2D eigenvalue weighted by atomic mass is 16.6. The molecule has 0 aromatic rings. The molecule has 1 spiro atoms. The van der Waals surface area contributed by atoms with Gasteiger partial charge in [-0.3, -0.25) is 4.79 Å². The van der Waals surface area contributed by atoms with Crippen LogP contribution < -0.4 is 0 Å². The molecular weight excluding hydrogens is 316 g/mol. The zero-order valence-electron chi connectivity index (χ0n) is 15.2. The lowest BCUT2D eigenvalue weighted by atomic mass is 9.43. The Morgan fingerprint density at radius 2 is 1.88 bits per heavy atom. The van der Waals surface area contributed by atoms with E-state index in [1.54, 1.807) is 0 Å². The molecule has 0 unspecified atom stereocenters. The van der Waals surface area contributed by atoms with Crippen molar-refractivity contribution in [2.24, 2.45) is 40.4 Å². The van der Waals surface area contributed by atoms with Gasteiger partial charge in [0.2, 0.25) is 0 Å². The smallest absolute Gasteiger partial charge is 0.316 e. The molecule has 1 aliphatic heterocycles. The minimum absolute atomic E-state index is 0.0275. The van der Waals surface area contributed by atoms with Gasteiger partial charge in [-0.25, -0.2) is 0 Å². The number of carbonyl (C=O) groups is 1. The third kappa shape index (κ3) is 1.83. The highest BCUT2D eigenvalue weighted by Gasteiger charge is 2.71. The zero-order chi connectivity index (χ0) is 17.6. The number of allylic oxidation sites excluding steroid dienone is 1. The van der Waals surface area contributed by atoms with Crippen LogP contribution >= 0.6 is 0 Å². The van der Waals surface area contributed by atoms with Crippen molar-refractivity contribution in [3.05, 3.63) is 12.2 Å². The Bertz CT molecular complexity index is 629. The molecule has 1 heterocycles. The first-order valence-electron chi connectivity index (χ1n) is 10.1. The van der Waals surface area contributed by atoms with Gasteiger partial charge >= 0.3 is 5.97 Å². The van der Waals surface area contributed by atoms with Crippen LogP contribution in [-0.4, -0.2) is 34.5 Å². The predicted octanol–water partition coefficient (Wildman–Crippen LogP) is 2.68. The summed E-state index contributed by atoms with van der Waals surface area (Å²) in [4.78, 5) is 12.9. The largest absolute Gasteiger partial charge is 0.461 e. The van der Waals surface area contributed by atoms with Crippen molar-refractivity contribution in [3.8, 4) is 0 Å². The molecule has 0 aromatic carbocycles. The van der Waals surface area contributed by atoms with Gasteiger partial charge in [0.15, 0.2) is 0 Å². The molecule has 25 heavy (non-hydrogen) atoms. The summed E-state index contributed by atoms with van der Waals surface area (Å²) >= 11 is 0. The van der Waals surface area contributed by atoms with Crippen LogP contribution in [0.4, 0.5) is 0 Å². The number of rotatable bonds is 0. The molecule has 5 rings (SSSR count). The molecule has 10 atom stereocenters. The average molecular weight is 346 g/mol. The lowest BCUT2D eigenvalue weighted by molar-refractivity contribution is -0.182. The first-order chi connectivity index (χ1) is 11.9. The van der Waals surface area contributed by atoms with Crippen molar-refractivity contribution in [1.29, 1.82) is 0 Å². The molecule has 0 radical (unpaired) electrons. The highest BCUT2D eigenvalue weighted by Crippen LogP contribution is 2.68. The first kappa shape index (κ1) is 16.3. The van der Waals surface area contributed by atoms with Gasteiger partial charge in [0, 0.05) is 5.92 Å². The van der Waals surface area contributed by atoms with Gasteiger partial charge in [0.25, 0.3) is 0 Å². The summed E-state index contributed by atoms with van der Waals surface area (Å²) in [5, 5.41) is 21.4. The lowest BCUT2D eigenvalue weighted by Gasteiger charge is -2.61. The number of aliphatic hydroxyl groups is 2. The van der Waals surface area contributed by atoms with Crippen LogP contribution in [-0.2, 0) is 9.53 Å². The van der Waals surface area contributed by atoms with Crippen molar-refractivity contribution in [1.82, 2.24) is 0 Å². The molecule has 4 fully saturated rings. The summed E-state index contributed by atoms with van der Waals surface area (Å²) in [6.45, 7) is 4.35. The molecule has 3 saturated carbocycles. The van der Waals surface area contributed by atoms with Crippen LogP contribution in [0, 0.1) is 40.4 Å². The summed E-state index contributed by atoms with van der Waals surface area (Å²) in [7, 11) is 0. The Labute approximate surface area is 149 Å². The molecule has 0 bridgehead atoms. The van der Waals surface area contributed by atoms with Gasteiger partial charge in [-0.15, -0.1) is 0 Å². The van der Waals surface area contributed by atoms with Crippen LogP contribution in [0.1, 0.15) is 52.4 Å². The minimum atomic E-state index is -0.724. The lowest BCUT2D eigenvalue weighted by Crippen LogP contribution is -2.60. The summed E-state index contributed by atoms with van der Waals surface area (Å²) in [5.74, 6) is 1.43. The third-order valence-electron chi connectivity index (χ3n) is 8.99. The van der Waals surface area contributed by atoms with E-state index in [4.69, 9.17) is 4.74 Å². The van der Waals surface area contributed by atoms with E-state index in [0.29, 0.717) is 24.2 Å². The normalized spacial score (nSPS) is 59.6. The number of fused-ring (bicyclic) bond motifs is 4. The Kier molecular flexibility index (Phi) is 3.33. The van der Waals surface area contributed by atoms with Crippen molar-refractivity contribution in [2.75, 3.05) is 0 Å². The zero-order valence-corrected chi connectivity index (χ0v) is 15.2. The van der Waals surface area contributed by atoms with Gasteiger partial charge in [0.05, 0.1) is 12.2 Å². The van der Waals surface area contributed by atoms with Gasteiger partial charge in [-0.05, 0) is 74.5 Å². The molecule has 5 aliphatic rings. The molecule has 4 aliphatic carbocycles. The number of esters is 1. The molecule has 4 heteroatoms. The number of aliphatic hydroxyl groups excluding tert-OH is 2. The van der Waals surface area contributed by atoms with E-state index in [1.807, 2.05) is 6.92 Å². The third-order valence-corrected chi connectivity index (χ3v) is 8.99. The Hall–Kier alpha value is -0.870. The number of carbonyl (C=O) groups excluding carboxylic acids is 1. The van der Waals surface area contributed by atoms with E-state index in [-0.39, 0.29) is 35.4 Å². The van der Waals surface area contributed by atoms with Crippen LogP contribution in [0.3, 0.4) is 0 Å². The molecule has 0 amide bonds. The van der Waals surface area contributed by atoms with Crippen LogP contribution in [0.25, 0.3) is 0 Å². The molecular formula is C21H30O4. The number of cyclic esters (lactones) is 1. The Balaban J connectivity index is 1.54. The predicted molar refractivity (Wildman–Crippen MR) is 92.4 cm³/mol. The van der Waals surface area contributed by atoms with Crippen molar-refractivity contribution >= 4 is 5.97 Å².